The fourth-order valence-corrected chi connectivity index (χ4v) is 2.31. The van der Waals surface area contributed by atoms with Crippen LogP contribution in [-0.2, 0) is 6.42 Å². The summed E-state index contributed by atoms with van der Waals surface area (Å²) in [6, 6.07) is 0. The van der Waals surface area contributed by atoms with Gasteiger partial charge in [-0.2, -0.15) is 0 Å². The van der Waals surface area contributed by atoms with E-state index in [4.69, 9.17) is 10.3 Å². The lowest BCUT2D eigenvalue weighted by molar-refractivity contribution is -0.0399. The Morgan fingerprint density at radius 2 is 2.06 bits per heavy atom. The summed E-state index contributed by atoms with van der Waals surface area (Å²) in [6.45, 7) is 1.96. The molecule has 2 rings (SSSR count). The summed E-state index contributed by atoms with van der Waals surface area (Å²) in [5.41, 5.74) is 6.54. The van der Waals surface area contributed by atoms with E-state index < -0.39 is 5.92 Å². The van der Waals surface area contributed by atoms with Gasteiger partial charge < -0.3 is 10.3 Å². The summed E-state index contributed by atoms with van der Waals surface area (Å²) in [6.07, 6.45) is 1.50. The van der Waals surface area contributed by atoms with E-state index in [2.05, 4.69) is 5.16 Å². The quantitative estimate of drug-likeness (QED) is 0.849. The van der Waals surface area contributed by atoms with Gasteiger partial charge in [-0.15, -0.1) is 0 Å². The molecule has 1 aromatic rings. The van der Waals surface area contributed by atoms with Crippen LogP contribution in [0.2, 0.25) is 0 Å². The minimum atomic E-state index is -2.51. The Bertz CT molecular complexity index is 366. The minimum Gasteiger partial charge on any atom is -0.381 e. The molecule has 0 unspecified atom stereocenters. The monoisotopic (exact) mass is 230 g/mol. The van der Waals surface area contributed by atoms with Crippen LogP contribution in [0.4, 0.5) is 14.6 Å². The highest BCUT2D eigenvalue weighted by molar-refractivity contribution is 5.41. The zero-order chi connectivity index (χ0) is 11.8. The van der Waals surface area contributed by atoms with Crippen molar-refractivity contribution >= 4 is 5.82 Å². The van der Waals surface area contributed by atoms with Crippen LogP contribution in [0.15, 0.2) is 4.52 Å². The van der Waals surface area contributed by atoms with E-state index >= 15 is 0 Å². The summed E-state index contributed by atoms with van der Waals surface area (Å²) in [4.78, 5) is 0. The first kappa shape index (κ1) is 11.4. The van der Waals surface area contributed by atoms with E-state index in [9.17, 15) is 8.78 Å². The number of anilines is 1. The van der Waals surface area contributed by atoms with Crippen LogP contribution < -0.4 is 5.73 Å². The minimum absolute atomic E-state index is 0.0550. The van der Waals surface area contributed by atoms with Gasteiger partial charge in [0.15, 0.2) is 5.82 Å². The molecule has 5 heteroatoms. The number of hydrogen-bond acceptors (Lipinski definition) is 3. The zero-order valence-electron chi connectivity index (χ0n) is 9.30. The fourth-order valence-electron chi connectivity index (χ4n) is 2.31. The Morgan fingerprint density at radius 3 is 2.62 bits per heavy atom. The smallest absolute Gasteiger partial charge is 0.248 e. The van der Waals surface area contributed by atoms with E-state index in [0.717, 1.165) is 17.7 Å². The van der Waals surface area contributed by atoms with Crippen molar-refractivity contribution < 1.29 is 13.3 Å². The van der Waals surface area contributed by atoms with Crippen LogP contribution in [0.3, 0.4) is 0 Å². The van der Waals surface area contributed by atoms with Crippen molar-refractivity contribution in [1.29, 1.82) is 0 Å². The first-order chi connectivity index (χ1) is 7.53. The normalized spacial score (nSPS) is 21.2. The first-order valence-electron chi connectivity index (χ1n) is 5.65. The maximum absolute atomic E-state index is 13.0. The molecule has 1 aliphatic carbocycles. The molecule has 0 atom stereocenters. The molecule has 3 nitrogen and oxygen atoms in total. The third-order valence-corrected chi connectivity index (χ3v) is 3.29. The molecule has 0 radical (unpaired) electrons. The summed E-state index contributed by atoms with van der Waals surface area (Å²) in [7, 11) is 0. The standard InChI is InChI=1S/C11H16F2N2O/c1-2-8-9(16-15-10(8)14)7-3-5-11(12,13)6-4-7/h7H,2-6H2,1H3,(H2,14,15). The predicted molar refractivity (Wildman–Crippen MR) is 56.4 cm³/mol. The number of alkyl halides is 2. The lowest BCUT2D eigenvalue weighted by atomic mass is 9.84. The number of nitrogens with two attached hydrogens (primary N) is 1. The first-order valence-corrected chi connectivity index (χ1v) is 5.65. The molecule has 0 bridgehead atoms. The average Bonchev–Trinajstić information content (AvgIpc) is 2.59. The Balaban J connectivity index is 2.14. The van der Waals surface area contributed by atoms with Gasteiger partial charge in [0.1, 0.15) is 5.76 Å². The van der Waals surface area contributed by atoms with Crippen molar-refractivity contribution in [2.75, 3.05) is 5.73 Å². The lowest BCUT2D eigenvalue weighted by Crippen LogP contribution is -2.23. The van der Waals surface area contributed by atoms with Crippen LogP contribution in [0.5, 0.6) is 0 Å². The lowest BCUT2D eigenvalue weighted by Gasteiger charge is -2.27. The molecule has 1 aliphatic rings. The third kappa shape index (κ3) is 2.03. The van der Waals surface area contributed by atoms with Crippen LogP contribution in [0.1, 0.15) is 49.8 Å². The Labute approximate surface area is 93.0 Å². The molecular formula is C11H16F2N2O. The maximum Gasteiger partial charge on any atom is 0.248 e. The molecule has 1 aromatic heterocycles. The average molecular weight is 230 g/mol. The maximum atomic E-state index is 13.0. The second kappa shape index (κ2) is 4.03. The van der Waals surface area contributed by atoms with E-state index in [-0.39, 0.29) is 18.8 Å². The molecule has 1 heterocycles. The summed E-state index contributed by atoms with van der Waals surface area (Å²) in [5.74, 6) is -1.33. The fraction of sp³-hybridized carbons (Fsp3) is 0.727. The largest absolute Gasteiger partial charge is 0.381 e. The zero-order valence-corrected chi connectivity index (χ0v) is 9.30. The number of halogens is 2. The van der Waals surface area contributed by atoms with E-state index in [1.165, 1.54) is 0 Å². The van der Waals surface area contributed by atoms with Crippen molar-refractivity contribution in [2.24, 2.45) is 0 Å². The van der Waals surface area contributed by atoms with Gasteiger partial charge in [0.25, 0.3) is 0 Å². The Morgan fingerprint density at radius 1 is 1.44 bits per heavy atom. The van der Waals surface area contributed by atoms with Crippen molar-refractivity contribution in [2.45, 2.75) is 50.9 Å². The molecule has 16 heavy (non-hydrogen) atoms. The number of nitrogens with zero attached hydrogens (tertiary/aromatic N) is 1. The highest BCUT2D eigenvalue weighted by Gasteiger charge is 2.37. The van der Waals surface area contributed by atoms with Gasteiger partial charge in [0.05, 0.1) is 0 Å². The van der Waals surface area contributed by atoms with Crippen LogP contribution in [-0.4, -0.2) is 11.1 Å². The van der Waals surface area contributed by atoms with Crippen molar-refractivity contribution in [1.82, 2.24) is 5.16 Å². The molecule has 0 spiro atoms. The van der Waals surface area contributed by atoms with Gasteiger partial charge in [0.2, 0.25) is 5.92 Å². The molecule has 2 N–H and O–H groups in total. The molecule has 0 aliphatic heterocycles. The van der Waals surface area contributed by atoms with Crippen LogP contribution in [0.25, 0.3) is 0 Å². The number of aromatic nitrogens is 1. The molecule has 1 fully saturated rings. The molecule has 90 valence electrons. The second-order valence-corrected chi connectivity index (χ2v) is 4.39. The van der Waals surface area contributed by atoms with Gasteiger partial charge in [-0.05, 0) is 19.3 Å². The number of rotatable bonds is 2. The molecule has 1 saturated carbocycles. The second-order valence-electron chi connectivity index (χ2n) is 4.39. The predicted octanol–water partition coefficient (Wildman–Crippen LogP) is 3.11. The number of nitrogen functional groups attached to an aromatic ring is 1. The summed E-state index contributed by atoms with van der Waals surface area (Å²) >= 11 is 0. The highest BCUT2D eigenvalue weighted by atomic mass is 19.3. The summed E-state index contributed by atoms with van der Waals surface area (Å²) in [5, 5.41) is 3.71. The topological polar surface area (TPSA) is 52.0 Å². The van der Waals surface area contributed by atoms with Crippen LogP contribution in [0, 0.1) is 0 Å². The molecule has 0 amide bonds. The van der Waals surface area contributed by atoms with Gasteiger partial charge in [-0.1, -0.05) is 12.1 Å². The van der Waals surface area contributed by atoms with Crippen LogP contribution >= 0.6 is 0 Å². The van der Waals surface area contributed by atoms with Gasteiger partial charge in [0, 0.05) is 24.3 Å². The van der Waals surface area contributed by atoms with Gasteiger partial charge >= 0.3 is 0 Å². The number of hydrogen-bond donors (Lipinski definition) is 1. The van der Waals surface area contributed by atoms with Gasteiger partial charge in [-0.25, -0.2) is 8.78 Å². The third-order valence-electron chi connectivity index (χ3n) is 3.29. The van der Waals surface area contributed by atoms with Crippen molar-refractivity contribution in [3.05, 3.63) is 11.3 Å². The summed E-state index contributed by atoms with van der Waals surface area (Å²) < 4.78 is 31.2. The molecule has 0 aromatic carbocycles. The van der Waals surface area contributed by atoms with Crippen molar-refractivity contribution in [3.63, 3.8) is 0 Å². The van der Waals surface area contributed by atoms with E-state index in [1.54, 1.807) is 0 Å². The highest BCUT2D eigenvalue weighted by Crippen LogP contribution is 2.42. The van der Waals surface area contributed by atoms with E-state index in [1.807, 2.05) is 6.92 Å². The van der Waals surface area contributed by atoms with Gasteiger partial charge in [-0.3, -0.25) is 0 Å². The molecular weight excluding hydrogens is 214 g/mol. The Kier molecular flexibility index (Phi) is 2.86. The molecule has 0 saturated heterocycles. The Hall–Kier alpha value is -1.13. The van der Waals surface area contributed by atoms with Crippen molar-refractivity contribution in [3.8, 4) is 0 Å². The van der Waals surface area contributed by atoms with E-state index in [0.29, 0.717) is 18.7 Å². The SMILES string of the molecule is CCc1c(N)noc1C1CCC(F)(F)CC1.